The summed E-state index contributed by atoms with van der Waals surface area (Å²) < 4.78 is 11.3. The molecule has 0 N–H and O–H groups in total. The summed E-state index contributed by atoms with van der Waals surface area (Å²) in [6, 6.07) is 14.5. The largest absolute Gasteiger partial charge is 0.497 e. The van der Waals surface area contributed by atoms with Crippen molar-refractivity contribution in [1.29, 1.82) is 0 Å². The molecular formula is C18H16BrNO4. The topological polar surface area (TPSA) is 55.8 Å². The number of hydrogen-bond donors (Lipinski definition) is 0. The van der Waals surface area contributed by atoms with E-state index in [1.54, 1.807) is 24.1 Å². The molecule has 3 rings (SSSR count). The van der Waals surface area contributed by atoms with Crippen LogP contribution < -0.4 is 9.64 Å². The lowest BCUT2D eigenvalue weighted by Gasteiger charge is -2.46. The first-order chi connectivity index (χ1) is 11.5. The Morgan fingerprint density at radius 1 is 1.17 bits per heavy atom. The van der Waals surface area contributed by atoms with Gasteiger partial charge in [-0.25, -0.2) is 0 Å². The van der Waals surface area contributed by atoms with Crippen molar-refractivity contribution in [3.05, 3.63) is 58.6 Å². The molecule has 0 saturated carbocycles. The van der Waals surface area contributed by atoms with Gasteiger partial charge in [-0.05, 0) is 42.0 Å². The molecule has 1 heterocycles. The number of nitrogens with zero attached hydrogens (tertiary/aromatic N) is 1. The zero-order valence-electron chi connectivity index (χ0n) is 13.2. The van der Waals surface area contributed by atoms with Gasteiger partial charge in [0.05, 0.1) is 7.11 Å². The van der Waals surface area contributed by atoms with Crippen molar-refractivity contribution in [1.82, 2.24) is 0 Å². The molecule has 2 aromatic carbocycles. The third kappa shape index (κ3) is 3.01. The molecule has 0 radical (unpaired) electrons. The molecule has 6 heteroatoms. The van der Waals surface area contributed by atoms with Gasteiger partial charge in [-0.1, -0.05) is 28.1 Å². The van der Waals surface area contributed by atoms with Gasteiger partial charge in [0.2, 0.25) is 6.10 Å². The molecule has 1 saturated heterocycles. The van der Waals surface area contributed by atoms with Crippen molar-refractivity contribution in [2.45, 2.75) is 19.1 Å². The first kappa shape index (κ1) is 16.5. The predicted molar refractivity (Wildman–Crippen MR) is 92.9 cm³/mol. The molecule has 0 spiro atoms. The minimum atomic E-state index is -0.807. The number of β-lactam (4-membered cyclic amide) rings is 1. The maximum Gasteiger partial charge on any atom is 0.303 e. The third-order valence-corrected chi connectivity index (χ3v) is 4.37. The van der Waals surface area contributed by atoms with Crippen LogP contribution in [0.5, 0.6) is 5.75 Å². The van der Waals surface area contributed by atoms with Crippen LogP contribution in [0.15, 0.2) is 53.0 Å². The highest BCUT2D eigenvalue weighted by molar-refractivity contribution is 9.10. The quantitative estimate of drug-likeness (QED) is 0.593. The van der Waals surface area contributed by atoms with E-state index in [2.05, 4.69) is 15.9 Å². The number of amides is 1. The highest BCUT2D eigenvalue weighted by Gasteiger charge is 2.51. The summed E-state index contributed by atoms with van der Waals surface area (Å²) in [5.74, 6) is 0.00494. The molecular weight excluding hydrogens is 374 g/mol. The Morgan fingerprint density at radius 3 is 2.46 bits per heavy atom. The highest BCUT2D eigenvalue weighted by Crippen LogP contribution is 2.41. The lowest BCUT2D eigenvalue weighted by atomic mass is 9.89. The van der Waals surface area contributed by atoms with Crippen molar-refractivity contribution >= 4 is 33.5 Å². The van der Waals surface area contributed by atoms with Crippen LogP contribution >= 0.6 is 15.9 Å². The van der Waals surface area contributed by atoms with E-state index in [0.29, 0.717) is 5.75 Å². The molecule has 5 nitrogen and oxygen atoms in total. The Kier molecular flexibility index (Phi) is 4.57. The Hall–Kier alpha value is -2.34. The van der Waals surface area contributed by atoms with Gasteiger partial charge in [0.25, 0.3) is 5.91 Å². The summed E-state index contributed by atoms with van der Waals surface area (Å²) >= 11 is 3.44. The molecule has 0 bridgehead atoms. The minimum absolute atomic E-state index is 0.236. The average Bonchev–Trinajstić information content (AvgIpc) is 2.57. The van der Waals surface area contributed by atoms with Crippen LogP contribution in [0.2, 0.25) is 0 Å². The monoisotopic (exact) mass is 389 g/mol. The molecule has 2 aromatic rings. The standard InChI is InChI=1S/C18H16BrNO4/c1-11(21)24-17-16(12-4-3-5-13(19)10-12)20(18(17)22)14-6-8-15(23-2)9-7-14/h3-10,16-17H,1-2H3. The van der Waals surface area contributed by atoms with E-state index in [9.17, 15) is 9.59 Å². The summed E-state index contributed by atoms with van der Waals surface area (Å²) in [7, 11) is 1.59. The lowest BCUT2D eigenvalue weighted by molar-refractivity contribution is -0.160. The summed E-state index contributed by atoms with van der Waals surface area (Å²) in [6.07, 6.45) is -0.807. The molecule has 1 amide bonds. The minimum Gasteiger partial charge on any atom is -0.497 e. The smallest absolute Gasteiger partial charge is 0.303 e. The van der Waals surface area contributed by atoms with E-state index in [1.165, 1.54) is 6.92 Å². The maximum absolute atomic E-state index is 12.5. The Balaban J connectivity index is 1.96. The van der Waals surface area contributed by atoms with E-state index < -0.39 is 12.1 Å². The third-order valence-electron chi connectivity index (χ3n) is 3.88. The molecule has 1 aliphatic rings. The maximum atomic E-state index is 12.5. The van der Waals surface area contributed by atoms with Crippen LogP contribution in [0.3, 0.4) is 0 Å². The van der Waals surface area contributed by atoms with Crippen LogP contribution in [0.1, 0.15) is 18.5 Å². The van der Waals surface area contributed by atoms with Crippen molar-refractivity contribution in [3.63, 3.8) is 0 Å². The van der Waals surface area contributed by atoms with E-state index in [-0.39, 0.29) is 11.9 Å². The Morgan fingerprint density at radius 2 is 1.88 bits per heavy atom. The highest BCUT2D eigenvalue weighted by atomic mass is 79.9. The lowest BCUT2D eigenvalue weighted by Crippen LogP contribution is -2.60. The average molecular weight is 390 g/mol. The summed E-state index contributed by atoms with van der Waals surface area (Å²) in [4.78, 5) is 25.5. The first-order valence-corrected chi connectivity index (χ1v) is 8.20. The second-order valence-corrected chi connectivity index (χ2v) is 6.35. The molecule has 2 atom stereocenters. The molecule has 0 aromatic heterocycles. The van der Waals surface area contributed by atoms with E-state index in [1.807, 2.05) is 36.4 Å². The SMILES string of the molecule is COc1ccc(N2C(=O)C(OC(C)=O)C2c2cccc(Br)c2)cc1. The van der Waals surface area contributed by atoms with Gasteiger partial charge in [0.1, 0.15) is 11.8 Å². The van der Waals surface area contributed by atoms with Crippen molar-refractivity contribution in [2.24, 2.45) is 0 Å². The Bertz CT molecular complexity index is 775. The number of carbonyl (C=O) groups is 2. The van der Waals surface area contributed by atoms with Crippen LogP contribution in [0.25, 0.3) is 0 Å². The normalized spacial score (nSPS) is 19.6. The number of carbonyl (C=O) groups excluding carboxylic acids is 2. The molecule has 1 aliphatic heterocycles. The van der Waals surface area contributed by atoms with Crippen molar-refractivity contribution in [3.8, 4) is 5.75 Å². The number of rotatable bonds is 4. The van der Waals surface area contributed by atoms with Gasteiger partial charge in [-0.15, -0.1) is 0 Å². The number of esters is 1. The van der Waals surface area contributed by atoms with Crippen LogP contribution in [0.4, 0.5) is 5.69 Å². The number of methoxy groups -OCH3 is 1. The fraction of sp³-hybridized carbons (Fsp3) is 0.222. The number of ether oxygens (including phenoxy) is 2. The van der Waals surface area contributed by atoms with Gasteiger partial charge < -0.3 is 9.47 Å². The van der Waals surface area contributed by atoms with Gasteiger partial charge in [0, 0.05) is 17.1 Å². The van der Waals surface area contributed by atoms with Crippen molar-refractivity contribution in [2.75, 3.05) is 12.0 Å². The first-order valence-electron chi connectivity index (χ1n) is 7.41. The second-order valence-electron chi connectivity index (χ2n) is 5.44. The summed E-state index contributed by atoms with van der Waals surface area (Å²) in [5.41, 5.74) is 1.63. The van der Waals surface area contributed by atoms with Crippen molar-refractivity contribution < 1.29 is 19.1 Å². The van der Waals surface area contributed by atoms with Crippen LogP contribution in [0, 0.1) is 0 Å². The fourth-order valence-electron chi connectivity index (χ4n) is 2.80. The van der Waals surface area contributed by atoms with E-state index >= 15 is 0 Å². The molecule has 1 fully saturated rings. The Labute approximate surface area is 148 Å². The van der Waals surface area contributed by atoms with Gasteiger partial charge in [-0.2, -0.15) is 0 Å². The number of halogens is 1. The predicted octanol–water partition coefficient (Wildman–Crippen LogP) is 3.48. The number of benzene rings is 2. The number of anilines is 1. The summed E-state index contributed by atoms with van der Waals surface area (Å²) in [5, 5.41) is 0. The zero-order chi connectivity index (χ0) is 17.3. The molecule has 124 valence electrons. The van der Waals surface area contributed by atoms with E-state index in [0.717, 1.165) is 15.7 Å². The summed E-state index contributed by atoms with van der Waals surface area (Å²) in [6.45, 7) is 1.31. The van der Waals surface area contributed by atoms with Crippen LogP contribution in [-0.4, -0.2) is 25.1 Å². The number of hydrogen-bond acceptors (Lipinski definition) is 4. The molecule has 2 unspecified atom stereocenters. The van der Waals surface area contributed by atoms with Gasteiger partial charge in [0.15, 0.2) is 0 Å². The molecule has 24 heavy (non-hydrogen) atoms. The fourth-order valence-corrected chi connectivity index (χ4v) is 3.22. The second kappa shape index (κ2) is 6.65. The molecule has 0 aliphatic carbocycles. The zero-order valence-corrected chi connectivity index (χ0v) is 14.8. The van der Waals surface area contributed by atoms with Gasteiger partial charge in [-0.3, -0.25) is 14.5 Å². The van der Waals surface area contributed by atoms with Crippen LogP contribution in [-0.2, 0) is 14.3 Å². The van der Waals surface area contributed by atoms with Gasteiger partial charge >= 0.3 is 5.97 Å². The van der Waals surface area contributed by atoms with E-state index in [4.69, 9.17) is 9.47 Å².